The van der Waals surface area contributed by atoms with Crippen LogP contribution in [0, 0.1) is 13.8 Å². The third-order valence-corrected chi connectivity index (χ3v) is 0.782. The van der Waals surface area contributed by atoms with Gasteiger partial charge < -0.3 is 0 Å². The van der Waals surface area contributed by atoms with E-state index in [1.807, 2.05) is 0 Å². The van der Waals surface area contributed by atoms with E-state index >= 15 is 0 Å². The summed E-state index contributed by atoms with van der Waals surface area (Å²) in [5.41, 5.74) is 0.940. The Kier molecular flexibility index (Phi) is 3.67. The van der Waals surface area contributed by atoms with Crippen molar-refractivity contribution < 1.29 is 0 Å². The van der Waals surface area contributed by atoms with Gasteiger partial charge in [-0.3, -0.25) is 4.99 Å². The second-order valence-corrected chi connectivity index (χ2v) is 1.39. The Balaban J connectivity index is 3.17. The Bertz CT molecular complexity index is 64.6. The first-order valence-corrected chi connectivity index (χ1v) is 2.38. The minimum atomic E-state index is 0.899. The molecule has 0 aliphatic rings. The average molecular weight is 97.2 g/mol. The third-order valence-electron chi connectivity index (χ3n) is 0.782. The van der Waals surface area contributed by atoms with E-state index < -0.39 is 0 Å². The van der Waals surface area contributed by atoms with Gasteiger partial charge in [0.2, 0.25) is 0 Å². The molecule has 0 atom stereocenters. The number of rotatable bonds is 2. The molecular formula is C6H11N. The molecule has 0 saturated carbocycles. The van der Waals surface area contributed by atoms with Gasteiger partial charge in [0.15, 0.2) is 0 Å². The van der Waals surface area contributed by atoms with Crippen LogP contribution >= 0.6 is 0 Å². The lowest BCUT2D eigenvalue weighted by atomic mass is 10.2. The maximum atomic E-state index is 3.84. The maximum absolute atomic E-state index is 3.84. The molecule has 0 spiro atoms. The fraction of sp³-hybridized carbons (Fsp3) is 0.500. The van der Waals surface area contributed by atoms with E-state index in [0.717, 1.165) is 18.6 Å². The highest BCUT2D eigenvalue weighted by Gasteiger charge is 1.82. The molecule has 1 nitrogen and oxygen atoms in total. The average Bonchev–Trinajstić information content (AvgIpc) is 1.68. The van der Waals surface area contributed by atoms with E-state index in [-0.39, 0.29) is 0 Å². The highest BCUT2D eigenvalue weighted by Crippen LogP contribution is 1.87. The number of aliphatic imine (C=N–C) groups is 1. The van der Waals surface area contributed by atoms with Crippen molar-refractivity contribution in [1.29, 1.82) is 0 Å². The molecule has 0 heterocycles. The van der Waals surface area contributed by atoms with Crippen molar-refractivity contribution in [3.63, 3.8) is 0 Å². The van der Waals surface area contributed by atoms with Crippen molar-refractivity contribution in [3.8, 4) is 0 Å². The Morgan fingerprint density at radius 2 is 2.29 bits per heavy atom. The van der Waals surface area contributed by atoms with Crippen molar-refractivity contribution in [2.75, 3.05) is 7.05 Å². The fourth-order valence-corrected chi connectivity index (χ4v) is 0.316. The van der Waals surface area contributed by atoms with Gasteiger partial charge in [-0.05, 0) is 19.8 Å². The first kappa shape index (κ1) is 6.67. The molecule has 0 rings (SSSR count). The van der Waals surface area contributed by atoms with Crippen LogP contribution < -0.4 is 0 Å². The van der Waals surface area contributed by atoms with E-state index in [2.05, 4.69) is 18.8 Å². The van der Waals surface area contributed by atoms with Crippen LogP contribution in [0.15, 0.2) is 4.99 Å². The van der Waals surface area contributed by atoms with Crippen molar-refractivity contribution in [2.24, 2.45) is 4.99 Å². The van der Waals surface area contributed by atoms with Gasteiger partial charge >= 0.3 is 0 Å². The van der Waals surface area contributed by atoms with Crippen molar-refractivity contribution in [2.45, 2.75) is 12.8 Å². The van der Waals surface area contributed by atoms with Crippen LogP contribution in [-0.2, 0) is 0 Å². The second-order valence-electron chi connectivity index (χ2n) is 1.39. The normalized spacial score (nSPS) is 12.1. The number of nitrogens with zero attached hydrogens (tertiary/aromatic N) is 1. The minimum absolute atomic E-state index is 0.899. The largest absolute Gasteiger partial charge is 0.297 e. The molecule has 0 saturated heterocycles. The van der Waals surface area contributed by atoms with Crippen LogP contribution in [0.3, 0.4) is 0 Å². The molecule has 0 amide bonds. The Morgan fingerprint density at radius 1 is 1.71 bits per heavy atom. The Hall–Kier alpha value is -0.330. The molecule has 0 fully saturated rings. The van der Waals surface area contributed by atoms with Gasteiger partial charge in [-0.15, -0.1) is 0 Å². The van der Waals surface area contributed by atoms with Gasteiger partial charge in [0.05, 0.1) is 0 Å². The van der Waals surface area contributed by atoms with Crippen LogP contribution in [0.1, 0.15) is 12.8 Å². The van der Waals surface area contributed by atoms with Gasteiger partial charge in [0.1, 0.15) is 0 Å². The van der Waals surface area contributed by atoms with Crippen molar-refractivity contribution in [1.82, 2.24) is 0 Å². The van der Waals surface area contributed by atoms with Gasteiger partial charge in [-0.25, -0.2) is 0 Å². The molecule has 2 radical (unpaired) electrons. The molecule has 40 valence electrons. The predicted octanol–water partition coefficient (Wildman–Crippen LogP) is 1.51. The van der Waals surface area contributed by atoms with Crippen molar-refractivity contribution in [3.05, 3.63) is 13.8 Å². The molecular weight excluding hydrogens is 86.1 g/mol. The molecule has 0 aromatic carbocycles. The molecule has 0 bridgehead atoms. The molecule has 0 aliphatic heterocycles. The van der Waals surface area contributed by atoms with Gasteiger partial charge in [-0.2, -0.15) is 0 Å². The third kappa shape index (κ3) is 3.50. The lowest BCUT2D eigenvalue weighted by Gasteiger charge is -1.89. The summed E-state index contributed by atoms with van der Waals surface area (Å²) in [4.78, 5) is 3.84. The summed E-state index contributed by atoms with van der Waals surface area (Å²) < 4.78 is 0. The fourth-order valence-electron chi connectivity index (χ4n) is 0.316. The van der Waals surface area contributed by atoms with Crippen LogP contribution in [0.2, 0.25) is 0 Å². The van der Waals surface area contributed by atoms with E-state index in [1.165, 1.54) is 0 Å². The van der Waals surface area contributed by atoms with Crippen molar-refractivity contribution >= 4 is 5.71 Å². The first-order chi connectivity index (χ1) is 3.31. The molecule has 1 heteroatoms. The number of hydrogen-bond acceptors (Lipinski definition) is 1. The summed E-state index contributed by atoms with van der Waals surface area (Å²) in [5, 5.41) is 0. The topological polar surface area (TPSA) is 12.4 Å². The molecule has 0 aromatic rings. The maximum Gasteiger partial charge on any atom is 0.0276 e. The SMILES string of the molecule is [CH2]CCC([CH2])=NC. The second kappa shape index (κ2) is 3.85. The zero-order valence-electron chi connectivity index (χ0n) is 4.78. The molecule has 0 aliphatic carbocycles. The summed E-state index contributed by atoms with van der Waals surface area (Å²) in [6.45, 7) is 7.31. The number of hydrogen-bond donors (Lipinski definition) is 0. The minimum Gasteiger partial charge on any atom is -0.297 e. The van der Waals surface area contributed by atoms with E-state index in [1.54, 1.807) is 7.05 Å². The van der Waals surface area contributed by atoms with Crippen LogP contribution in [0.25, 0.3) is 0 Å². The van der Waals surface area contributed by atoms with E-state index in [9.17, 15) is 0 Å². The summed E-state index contributed by atoms with van der Waals surface area (Å²) in [6.07, 6.45) is 1.83. The smallest absolute Gasteiger partial charge is 0.0276 e. The van der Waals surface area contributed by atoms with Crippen LogP contribution in [-0.4, -0.2) is 12.8 Å². The predicted molar refractivity (Wildman–Crippen MR) is 33.3 cm³/mol. The van der Waals surface area contributed by atoms with E-state index in [0.29, 0.717) is 0 Å². The zero-order chi connectivity index (χ0) is 5.70. The summed E-state index contributed by atoms with van der Waals surface area (Å²) in [6, 6.07) is 0. The highest BCUT2D eigenvalue weighted by molar-refractivity contribution is 5.88. The van der Waals surface area contributed by atoms with Crippen LogP contribution in [0.4, 0.5) is 0 Å². The molecule has 0 aromatic heterocycles. The zero-order valence-corrected chi connectivity index (χ0v) is 4.78. The quantitative estimate of drug-likeness (QED) is 0.463. The molecule has 0 N–H and O–H groups in total. The monoisotopic (exact) mass is 97.1 g/mol. The molecule has 7 heavy (non-hydrogen) atoms. The van der Waals surface area contributed by atoms with Gasteiger partial charge in [0, 0.05) is 12.8 Å². The lowest BCUT2D eigenvalue weighted by Crippen LogP contribution is -1.87. The summed E-state index contributed by atoms with van der Waals surface area (Å²) >= 11 is 0. The molecule has 0 unspecified atom stereocenters. The van der Waals surface area contributed by atoms with Crippen LogP contribution in [0.5, 0.6) is 0 Å². The Labute approximate surface area is 45.5 Å². The Morgan fingerprint density at radius 3 is 2.43 bits per heavy atom. The standard InChI is InChI=1S/C6H11N/c1-4-5-6(2)7-3/h1-2,4-5H2,3H3. The summed E-state index contributed by atoms with van der Waals surface area (Å²) in [7, 11) is 1.75. The summed E-state index contributed by atoms with van der Waals surface area (Å²) in [5.74, 6) is 0. The lowest BCUT2D eigenvalue weighted by molar-refractivity contribution is 1.09. The van der Waals surface area contributed by atoms with Gasteiger partial charge in [-0.1, -0.05) is 6.92 Å². The van der Waals surface area contributed by atoms with E-state index in [4.69, 9.17) is 0 Å². The van der Waals surface area contributed by atoms with Gasteiger partial charge in [0.25, 0.3) is 0 Å². The first-order valence-electron chi connectivity index (χ1n) is 2.38. The highest BCUT2D eigenvalue weighted by atomic mass is 14.7.